The third-order valence-corrected chi connectivity index (χ3v) is 8.59. The third-order valence-electron chi connectivity index (χ3n) is 5.51. The first-order chi connectivity index (χ1) is 15.1. The predicted octanol–water partition coefficient (Wildman–Crippen LogP) is 3.56. The second-order valence-electron chi connectivity index (χ2n) is 7.85. The SMILES string of the molecule is CC(=O)c1cccc(N2C(SCC(=O)Nc3cccc(Cl)c3C)=N[C@H]3CS(=O)(=O)C[C@@H]32)c1. The van der Waals surface area contributed by atoms with Crippen LogP contribution in [-0.2, 0) is 14.6 Å². The topological polar surface area (TPSA) is 95.9 Å². The van der Waals surface area contributed by atoms with Crippen LogP contribution in [0, 0.1) is 6.92 Å². The Labute approximate surface area is 196 Å². The molecule has 168 valence electrons. The number of ketones is 1. The Morgan fingerprint density at radius 1 is 1.22 bits per heavy atom. The number of carbonyl (C=O) groups is 2. The van der Waals surface area contributed by atoms with Gasteiger partial charge in [-0.1, -0.05) is 41.6 Å². The molecule has 0 aromatic heterocycles. The van der Waals surface area contributed by atoms with Crippen LogP contribution in [0.4, 0.5) is 11.4 Å². The number of thioether (sulfide) groups is 1. The van der Waals surface area contributed by atoms with Crippen molar-refractivity contribution in [3.63, 3.8) is 0 Å². The summed E-state index contributed by atoms with van der Waals surface area (Å²) in [5, 5.41) is 4.01. The van der Waals surface area contributed by atoms with Crippen molar-refractivity contribution in [2.24, 2.45) is 4.99 Å². The van der Waals surface area contributed by atoms with Crippen LogP contribution in [0.25, 0.3) is 0 Å². The molecule has 2 aromatic carbocycles. The molecule has 7 nitrogen and oxygen atoms in total. The highest BCUT2D eigenvalue weighted by molar-refractivity contribution is 8.14. The number of hydrogen-bond donors (Lipinski definition) is 1. The Morgan fingerprint density at radius 3 is 2.72 bits per heavy atom. The Kier molecular flexibility index (Phi) is 6.33. The van der Waals surface area contributed by atoms with Gasteiger partial charge in [0.05, 0.1) is 29.3 Å². The number of anilines is 2. The minimum absolute atomic E-state index is 0.0105. The minimum Gasteiger partial charge on any atom is -0.325 e. The summed E-state index contributed by atoms with van der Waals surface area (Å²) < 4.78 is 24.4. The second kappa shape index (κ2) is 8.88. The van der Waals surface area contributed by atoms with Crippen LogP contribution in [0.2, 0.25) is 5.02 Å². The summed E-state index contributed by atoms with van der Waals surface area (Å²) in [7, 11) is -3.19. The summed E-state index contributed by atoms with van der Waals surface area (Å²) in [5.41, 5.74) is 2.66. The molecule has 1 saturated heterocycles. The Morgan fingerprint density at radius 2 is 1.97 bits per heavy atom. The van der Waals surface area contributed by atoms with Crippen molar-refractivity contribution >= 4 is 61.4 Å². The summed E-state index contributed by atoms with van der Waals surface area (Å²) in [6, 6.07) is 11.6. The number of nitrogens with zero attached hydrogens (tertiary/aromatic N) is 2. The molecular weight excluding hydrogens is 470 g/mol. The van der Waals surface area contributed by atoms with Crippen LogP contribution >= 0.6 is 23.4 Å². The molecule has 0 aliphatic carbocycles. The standard InChI is InChI=1S/C22H22ClN3O4S2/c1-13-17(23)7-4-8-18(13)24-21(28)10-31-22-25-19-11-32(29,30)12-20(19)26(22)16-6-3-5-15(9-16)14(2)27/h3-9,19-20H,10-12H2,1-2H3,(H,24,28)/t19-,20-/m0/s1. The molecule has 4 rings (SSSR count). The number of sulfone groups is 1. The minimum atomic E-state index is -3.19. The van der Waals surface area contributed by atoms with E-state index in [0.29, 0.717) is 27.1 Å². The van der Waals surface area contributed by atoms with Crippen molar-refractivity contribution in [1.29, 1.82) is 0 Å². The molecule has 2 heterocycles. The van der Waals surface area contributed by atoms with Crippen LogP contribution in [0.3, 0.4) is 0 Å². The van der Waals surface area contributed by atoms with E-state index in [9.17, 15) is 18.0 Å². The van der Waals surface area contributed by atoms with E-state index in [0.717, 1.165) is 5.56 Å². The molecule has 0 unspecified atom stereocenters. The van der Waals surface area contributed by atoms with E-state index in [-0.39, 0.29) is 41.0 Å². The number of aliphatic imine (C=N–C) groups is 1. The molecule has 2 atom stereocenters. The molecule has 1 amide bonds. The van der Waals surface area contributed by atoms with Gasteiger partial charge in [0.2, 0.25) is 5.91 Å². The van der Waals surface area contributed by atoms with Crippen LogP contribution in [-0.4, -0.2) is 54.6 Å². The molecule has 2 aliphatic heterocycles. The van der Waals surface area contributed by atoms with E-state index in [1.165, 1.54) is 18.7 Å². The number of fused-ring (bicyclic) bond motifs is 1. The molecule has 32 heavy (non-hydrogen) atoms. The number of nitrogens with one attached hydrogen (secondary N) is 1. The average molecular weight is 492 g/mol. The van der Waals surface area contributed by atoms with Gasteiger partial charge in [-0.05, 0) is 43.7 Å². The molecule has 0 saturated carbocycles. The zero-order valence-corrected chi connectivity index (χ0v) is 19.9. The number of amidine groups is 1. The molecule has 1 N–H and O–H groups in total. The lowest BCUT2D eigenvalue weighted by atomic mass is 10.1. The van der Waals surface area contributed by atoms with Crippen molar-refractivity contribution < 1.29 is 18.0 Å². The highest BCUT2D eigenvalue weighted by Crippen LogP contribution is 2.35. The van der Waals surface area contributed by atoms with E-state index < -0.39 is 9.84 Å². The maximum absolute atomic E-state index is 12.6. The number of halogens is 1. The van der Waals surface area contributed by atoms with Crippen LogP contribution < -0.4 is 10.2 Å². The van der Waals surface area contributed by atoms with Crippen LogP contribution in [0.5, 0.6) is 0 Å². The van der Waals surface area contributed by atoms with E-state index in [1.807, 2.05) is 17.9 Å². The highest BCUT2D eigenvalue weighted by Gasteiger charge is 2.47. The summed E-state index contributed by atoms with van der Waals surface area (Å²) in [6.45, 7) is 3.31. The highest BCUT2D eigenvalue weighted by atomic mass is 35.5. The Bertz CT molecular complexity index is 1230. The smallest absolute Gasteiger partial charge is 0.234 e. The molecular formula is C22H22ClN3O4S2. The fourth-order valence-corrected chi connectivity index (χ4v) is 6.81. The average Bonchev–Trinajstić information content (AvgIpc) is 3.21. The van der Waals surface area contributed by atoms with E-state index >= 15 is 0 Å². The fraction of sp³-hybridized carbons (Fsp3) is 0.318. The number of carbonyl (C=O) groups excluding carboxylic acids is 2. The normalized spacial score (nSPS) is 21.2. The van der Waals surface area contributed by atoms with E-state index in [4.69, 9.17) is 11.6 Å². The lowest BCUT2D eigenvalue weighted by Gasteiger charge is -2.26. The number of Topliss-reactive ketones (excluding diaryl/α,β-unsaturated/α-hetero) is 1. The molecule has 0 radical (unpaired) electrons. The molecule has 0 spiro atoms. The van der Waals surface area contributed by atoms with Crippen LogP contribution in [0.1, 0.15) is 22.8 Å². The maximum Gasteiger partial charge on any atom is 0.234 e. The first-order valence-corrected chi connectivity index (χ1v) is 13.2. The zero-order valence-electron chi connectivity index (χ0n) is 17.5. The van der Waals surface area contributed by atoms with E-state index in [1.54, 1.807) is 36.4 Å². The zero-order chi connectivity index (χ0) is 23.0. The van der Waals surface area contributed by atoms with Gasteiger partial charge in [-0.15, -0.1) is 0 Å². The molecule has 1 fully saturated rings. The maximum atomic E-state index is 12.6. The number of amides is 1. The summed E-state index contributed by atoms with van der Waals surface area (Å²) in [4.78, 5) is 30.9. The van der Waals surface area contributed by atoms with Crippen molar-refractivity contribution in [3.05, 3.63) is 58.6 Å². The van der Waals surface area contributed by atoms with Gasteiger partial charge in [0.1, 0.15) is 0 Å². The third kappa shape index (κ3) is 4.69. The summed E-state index contributed by atoms with van der Waals surface area (Å²) >= 11 is 7.37. The first-order valence-electron chi connectivity index (χ1n) is 10.0. The van der Waals surface area contributed by atoms with Gasteiger partial charge in [-0.25, -0.2) is 8.42 Å². The van der Waals surface area contributed by atoms with Crippen molar-refractivity contribution in [2.75, 3.05) is 27.5 Å². The van der Waals surface area contributed by atoms with Crippen molar-refractivity contribution in [3.8, 4) is 0 Å². The van der Waals surface area contributed by atoms with Gasteiger partial charge >= 0.3 is 0 Å². The lowest BCUT2D eigenvalue weighted by molar-refractivity contribution is -0.113. The van der Waals surface area contributed by atoms with Gasteiger partial charge < -0.3 is 10.2 Å². The van der Waals surface area contributed by atoms with Gasteiger partial charge in [0.15, 0.2) is 20.8 Å². The monoisotopic (exact) mass is 491 g/mol. The summed E-state index contributed by atoms with van der Waals surface area (Å²) in [6.07, 6.45) is 0. The number of rotatable bonds is 5. The summed E-state index contributed by atoms with van der Waals surface area (Å²) in [5.74, 6) is -0.226. The number of hydrogen-bond acceptors (Lipinski definition) is 7. The van der Waals surface area contributed by atoms with Crippen molar-refractivity contribution in [1.82, 2.24) is 0 Å². The molecule has 2 aromatic rings. The van der Waals surface area contributed by atoms with Gasteiger partial charge in [-0.3, -0.25) is 14.6 Å². The van der Waals surface area contributed by atoms with E-state index in [2.05, 4.69) is 10.3 Å². The second-order valence-corrected chi connectivity index (χ2v) is 11.4. The van der Waals surface area contributed by atoms with Gasteiger partial charge in [0.25, 0.3) is 0 Å². The molecule has 0 bridgehead atoms. The quantitative estimate of drug-likeness (QED) is 0.642. The van der Waals surface area contributed by atoms with Crippen LogP contribution in [0.15, 0.2) is 47.5 Å². The molecule has 2 aliphatic rings. The Hall–Kier alpha value is -2.36. The largest absolute Gasteiger partial charge is 0.325 e. The Balaban J connectivity index is 1.54. The van der Waals surface area contributed by atoms with Gasteiger partial charge in [-0.2, -0.15) is 0 Å². The fourth-order valence-electron chi connectivity index (χ4n) is 3.87. The van der Waals surface area contributed by atoms with Crippen molar-refractivity contribution in [2.45, 2.75) is 25.9 Å². The molecule has 10 heteroatoms. The predicted molar refractivity (Wildman–Crippen MR) is 130 cm³/mol. The lowest BCUT2D eigenvalue weighted by Crippen LogP contribution is -2.39. The van der Waals surface area contributed by atoms with Gasteiger partial charge in [0, 0.05) is 22.0 Å². The first kappa shape index (κ1) is 22.8. The number of benzene rings is 2.